The molecule has 0 N–H and O–H groups in total. The van der Waals surface area contributed by atoms with E-state index in [0.717, 1.165) is 0 Å². The molecule has 0 bridgehead atoms. The van der Waals surface area contributed by atoms with Gasteiger partial charge in [0.2, 0.25) is 0 Å². The van der Waals surface area contributed by atoms with Crippen molar-refractivity contribution in [3.05, 3.63) is 6.92 Å². The second-order valence-electron chi connectivity index (χ2n) is 1.29. The van der Waals surface area contributed by atoms with Gasteiger partial charge in [0.25, 0.3) is 0 Å². The van der Waals surface area contributed by atoms with Crippen molar-refractivity contribution in [2.24, 2.45) is 0 Å². The van der Waals surface area contributed by atoms with Crippen LogP contribution in [0.25, 0.3) is 0 Å². The largest absolute Gasteiger partial charge is 0.300 e. The molecular weight excluding hydrogens is 95.1 g/mol. The molecule has 0 rings (SSSR count). The fraction of sp³-hybridized carbons (Fsp3) is 0.600. The summed E-state index contributed by atoms with van der Waals surface area (Å²) in [5, 5.41) is 0. The summed E-state index contributed by atoms with van der Waals surface area (Å²) < 4.78 is 11.7. The van der Waals surface area contributed by atoms with Crippen molar-refractivity contribution in [3.8, 4) is 0 Å². The molecule has 0 heterocycles. The van der Waals surface area contributed by atoms with Crippen molar-refractivity contribution < 1.29 is 9.18 Å². The molecule has 0 aliphatic heterocycles. The Morgan fingerprint density at radius 3 is 2.57 bits per heavy atom. The Bertz CT molecular complexity index is 54.0. The number of carbonyl (C=O) groups excluding carboxylic acids is 1. The first-order chi connectivity index (χ1) is 3.31. The van der Waals surface area contributed by atoms with Gasteiger partial charge in [0.15, 0.2) is 12.5 Å². The molecule has 0 fully saturated rings. The Kier molecular flexibility index (Phi) is 3.56. The van der Waals surface area contributed by atoms with Crippen molar-refractivity contribution in [1.29, 1.82) is 0 Å². The topological polar surface area (TPSA) is 17.1 Å². The third-order valence-electron chi connectivity index (χ3n) is 0.628. The smallest absolute Gasteiger partial charge is 0.155 e. The number of carbonyl (C=O) groups is 1. The highest BCUT2D eigenvalue weighted by molar-refractivity contribution is 5.55. The van der Waals surface area contributed by atoms with Gasteiger partial charge >= 0.3 is 0 Å². The number of aldehydes is 1. The van der Waals surface area contributed by atoms with E-state index in [2.05, 4.69) is 6.92 Å². The molecular formula is C5H8FO. The van der Waals surface area contributed by atoms with Crippen molar-refractivity contribution in [2.75, 3.05) is 0 Å². The van der Waals surface area contributed by atoms with Gasteiger partial charge in [-0.05, 0) is 6.42 Å². The van der Waals surface area contributed by atoms with E-state index in [1.807, 2.05) is 0 Å². The molecule has 2 heteroatoms. The van der Waals surface area contributed by atoms with Gasteiger partial charge in [-0.2, -0.15) is 0 Å². The van der Waals surface area contributed by atoms with Crippen LogP contribution in [0.3, 0.4) is 0 Å². The molecule has 0 amide bonds. The van der Waals surface area contributed by atoms with Crippen molar-refractivity contribution in [2.45, 2.75) is 19.0 Å². The average Bonchev–Trinajstić information content (AvgIpc) is 1.68. The molecule has 1 nitrogen and oxygen atoms in total. The van der Waals surface area contributed by atoms with Gasteiger partial charge in [-0.15, -0.1) is 0 Å². The monoisotopic (exact) mass is 103 g/mol. The van der Waals surface area contributed by atoms with Crippen molar-refractivity contribution >= 4 is 6.29 Å². The Labute approximate surface area is 42.5 Å². The summed E-state index contributed by atoms with van der Waals surface area (Å²) in [6, 6.07) is 0. The van der Waals surface area contributed by atoms with Gasteiger partial charge in [0.05, 0.1) is 0 Å². The summed E-state index contributed by atoms with van der Waals surface area (Å²) in [6.45, 7) is 3.37. The lowest BCUT2D eigenvalue weighted by molar-refractivity contribution is -0.112. The fourth-order valence-electron chi connectivity index (χ4n) is 0.263. The number of hydrogen-bond donors (Lipinski definition) is 0. The first-order valence-corrected chi connectivity index (χ1v) is 2.20. The second kappa shape index (κ2) is 3.78. The zero-order chi connectivity index (χ0) is 5.70. The minimum Gasteiger partial charge on any atom is -0.300 e. The third kappa shape index (κ3) is 3.43. The van der Waals surface area contributed by atoms with Crippen LogP contribution in [0.2, 0.25) is 0 Å². The van der Waals surface area contributed by atoms with E-state index >= 15 is 0 Å². The predicted molar refractivity (Wildman–Crippen MR) is 25.6 cm³/mol. The van der Waals surface area contributed by atoms with Crippen LogP contribution in [0.4, 0.5) is 4.39 Å². The van der Waals surface area contributed by atoms with Gasteiger partial charge in [0, 0.05) is 0 Å². The van der Waals surface area contributed by atoms with E-state index in [9.17, 15) is 9.18 Å². The van der Waals surface area contributed by atoms with Gasteiger partial charge in [-0.1, -0.05) is 13.3 Å². The van der Waals surface area contributed by atoms with E-state index in [4.69, 9.17) is 0 Å². The molecule has 41 valence electrons. The summed E-state index contributed by atoms with van der Waals surface area (Å²) in [5.41, 5.74) is 0. The third-order valence-corrected chi connectivity index (χ3v) is 0.628. The van der Waals surface area contributed by atoms with E-state index in [1.54, 1.807) is 0 Å². The van der Waals surface area contributed by atoms with E-state index in [1.165, 1.54) is 0 Å². The molecule has 0 aromatic heterocycles. The molecule has 0 spiro atoms. The normalized spacial score (nSPS) is 13.4. The van der Waals surface area contributed by atoms with Crippen molar-refractivity contribution in [1.82, 2.24) is 0 Å². The number of alkyl halides is 1. The van der Waals surface area contributed by atoms with Gasteiger partial charge in [-0.25, -0.2) is 4.39 Å². The molecule has 0 aliphatic rings. The molecule has 1 radical (unpaired) electrons. The Morgan fingerprint density at radius 2 is 2.43 bits per heavy atom. The van der Waals surface area contributed by atoms with E-state index in [-0.39, 0.29) is 6.42 Å². The SMILES string of the molecule is [CH2]CCC(F)C=O. The second-order valence-corrected chi connectivity index (χ2v) is 1.29. The van der Waals surface area contributed by atoms with Crippen LogP contribution in [0.15, 0.2) is 0 Å². The molecule has 0 saturated carbocycles. The maximum atomic E-state index is 11.7. The quantitative estimate of drug-likeness (QED) is 0.489. The number of hydrogen-bond acceptors (Lipinski definition) is 1. The highest BCUT2D eigenvalue weighted by atomic mass is 19.1. The zero-order valence-electron chi connectivity index (χ0n) is 4.06. The molecule has 0 aromatic carbocycles. The molecule has 1 unspecified atom stereocenters. The molecule has 0 aromatic rings. The van der Waals surface area contributed by atoms with Gasteiger partial charge in [0.1, 0.15) is 0 Å². The van der Waals surface area contributed by atoms with E-state index in [0.29, 0.717) is 12.7 Å². The highest BCUT2D eigenvalue weighted by Crippen LogP contribution is 1.95. The summed E-state index contributed by atoms with van der Waals surface area (Å²) in [6.07, 6.45) is -0.258. The molecule has 0 saturated heterocycles. The fourth-order valence-corrected chi connectivity index (χ4v) is 0.263. The summed E-state index contributed by atoms with van der Waals surface area (Å²) >= 11 is 0. The average molecular weight is 103 g/mol. The Balaban J connectivity index is 2.98. The van der Waals surface area contributed by atoms with Crippen LogP contribution in [-0.2, 0) is 4.79 Å². The van der Waals surface area contributed by atoms with Crippen LogP contribution in [0, 0.1) is 6.92 Å². The summed E-state index contributed by atoms with van der Waals surface area (Å²) in [5.74, 6) is 0. The van der Waals surface area contributed by atoms with Crippen molar-refractivity contribution in [3.63, 3.8) is 0 Å². The first kappa shape index (κ1) is 6.60. The number of rotatable bonds is 3. The summed E-state index contributed by atoms with van der Waals surface area (Å²) in [7, 11) is 0. The standard InChI is InChI=1S/C5H8FO/c1-2-3-5(6)4-7/h4-5H,1-3H2. The van der Waals surface area contributed by atoms with Crippen LogP contribution < -0.4 is 0 Å². The maximum Gasteiger partial charge on any atom is 0.155 e. The Morgan fingerprint density at radius 1 is 1.86 bits per heavy atom. The van der Waals surface area contributed by atoms with E-state index < -0.39 is 6.17 Å². The lowest BCUT2D eigenvalue weighted by atomic mass is 10.2. The lowest BCUT2D eigenvalue weighted by Gasteiger charge is -1.90. The summed E-state index contributed by atoms with van der Waals surface area (Å²) in [4.78, 5) is 9.49. The van der Waals surface area contributed by atoms with Gasteiger partial charge < -0.3 is 4.79 Å². The minimum absolute atomic E-state index is 0.253. The van der Waals surface area contributed by atoms with Crippen LogP contribution in [-0.4, -0.2) is 12.5 Å². The molecule has 7 heavy (non-hydrogen) atoms. The maximum absolute atomic E-state index is 11.7. The minimum atomic E-state index is -1.29. The van der Waals surface area contributed by atoms with Crippen LogP contribution in [0.1, 0.15) is 12.8 Å². The lowest BCUT2D eigenvalue weighted by Crippen LogP contribution is -1.98. The van der Waals surface area contributed by atoms with Crippen LogP contribution in [0.5, 0.6) is 0 Å². The first-order valence-electron chi connectivity index (χ1n) is 2.20. The zero-order valence-corrected chi connectivity index (χ0v) is 4.06. The Hall–Kier alpha value is -0.400. The predicted octanol–water partition coefficient (Wildman–Crippen LogP) is 1.14. The van der Waals surface area contributed by atoms with Crippen LogP contribution >= 0.6 is 0 Å². The molecule has 0 aliphatic carbocycles. The molecule has 1 atom stereocenters. The number of halogens is 1. The van der Waals surface area contributed by atoms with Gasteiger partial charge in [-0.3, -0.25) is 0 Å². The highest BCUT2D eigenvalue weighted by Gasteiger charge is 1.98.